The van der Waals surface area contributed by atoms with Crippen LogP contribution in [0.2, 0.25) is 0 Å². The number of aliphatic hydroxyl groups excluding tert-OH is 1. The van der Waals surface area contributed by atoms with Crippen LogP contribution in [0.5, 0.6) is 11.5 Å². The van der Waals surface area contributed by atoms with Crippen LogP contribution in [0.4, 0.5) is 0 Å². The van der Waals surface area contributed by atoms with Gasteiger partial charge < -0.3 is 19.5 Å². The minimum Gasteiger partial charge on any atom is -0.493 e. The van der Waals surface area contributed by atoms with Gasteiger partial charge in [-0.15, -0.1) is 0 Å². The van der Waals surface area contributed by atoms with E-state index in [1.807, 2.05) is 25.3 Å². The second kappa shape index (κ2) is 4.49. The van der Waals surface area contributed by atoms with E-state index < -0.39 is 12.6 Å². The molecule has 4 rings (SSSR count). The Kier molecular flexibility index (Phi) is 2.58. The lowest BCUT2D eigenvalue weighted by molar-refractivity contribution is 0.0821. The van der Waals surface area contributed by atoms with Crippen molar-refractivity contribution in [2.45, 2.75) is 37.0 Å². The Morgan fingerprint density at radius 2 is 2.38 bits per heavy atom. The van der Waals surface area contributed by atoms with Crippen LogP contribution < -0.4 is 9.47 Å². The van der Waals surface area contributed by atoms with Gasteiger partial charge in [-0.05, 0) is 31.6 Å². The van der Waals surface area contributed by atoms with Crippen LogP contribution >= 0.6 is 0 Å². The normalized spacial score (nSPS) is 38.0. The summed E-state index contributed by atoms with van der Waals surface area (Å²) in [6.45, 7) is 0.423. The molecule has 0 aromatic heterocycles. The second-order valence-corrected chi connectivity index (χ2v) is 6.23. The van der Waals surface area contributed by atoms with Crippen LogP contribution in [-0.4, -0.2) is 42.9 Å². The maximum absolute atomic E-state index is 9.99. The first kappa shape index (κ1) is 12.1. The number of hydrogen-bond acceptors (Lipinski definition) is 4. The van der Waals surface area contributed by atoms with E-state index in [-0.39, 0.29) is 11.5 Å². The van der Waals surface area contributed by atoms with Gasteiger partial charge in [0.05, 0.1) is 18.6 Å². The van der Waals surface area contributed by atoms with E-state index in [4.69, 9.17) is 10.8 Å². The number of nitrogens with zero attached hydrogens (tertiary/aromatic N) is 1. The van der Waals surface area contributed by atoms with E-state index in [0.717, 1.165) is 29.8 Å². The van der Waals surface area contributed by atoms with Gasteiger partial charge in [0, 0.05) is 19.9 Å². The molecule has 1 spiro atoms. The molecule has 1 aromatic carbocycles. The number of methoxy groups -OCH3 is 1. The average Bonchev–Trinajstić information content (AvgIpc) is 2.80. The van der Waals surface area contributed by atoms with Gasteiger partial charge in [-0.25, -0.2) is 0 Å². The first-order valence-electron chi connectivity index (χ1n) is 8.02. The highest BCUT2D eigenvalue weighted by Crippen LogP contribution is 2.55. The summed E-state index contributed by atoms with van der Waals surface area (Å²) >= 11 is 0. The van der Waals surface area contributed by atoms with E-state index >= 15 is 0 Å². The van der Waals surface area contributed by atoms with Gasteiger partial charge in [-0.3, -0.25) is 0 Å². The number of benzene rings is 1. The highest BCUT2D eigenvalue weighted by Gasteiger charge is 2.52. The van der Waals surface area contributed by atoms with Crippen LogP contribution in [0.15, 0.2) is 24.3 Å². The first-order chi connectivity index (χ1) is 10.6. The van der Waals surface area contributed by atoms with Crippen LogP contribution in [0.1, 0.15) is 25.3 Å². The third kappa shape index (κ3) is 1.75. The molecule has 1 unspecified atom stereocenters. The Bertz CT molecular complexity index is 647. The summed E-state index contributed by atoms with van der Waals surface area (Å²) in [6, 6.07) is 3.88. The van der Waals surface area contributed by atoms with Crippen molar-refractivity contribution >= 4 is 0 Å². The summed E-state index contributed by atoms with van der Waals surface area (Å²) in [5.74, 6) is 1.48. The Morgan fingerprint density at radius 3 is 3.19 bits per heavy atom. The van der Waals surface area contributed by atoms with Gasteiger partial charge in [0.2, 0.25) is 0 Å². The fraction of sp³-hybridized carbons (Fsp3) is 0.529. The Hall–Kier alpha value is -1.52. The molecule has 21 heavy (non-hydrogen) atoms. The first-order valence-corrected chi connectivity index (χ1v) is 7.45. The summed E-state index contributed by atoms with van der Waals surface area (Å²) in [5, 5.41) is 9.99. The summed E-state index contributed by atoms with van der Waals surface area (Å²) in [5.41, 5.74) is 1.83. The minimum absolute atomic E-state index is 0.0868. The summed E-state index contributed by atoms with van der Waals surface area (Å²) in [7, 11) is 3.63. The van der Waals surface area contributed by atoms with Crippen molar-refractivity contribution in [3.05, 3.63) is 35.4 Å². The Balaban J connectivity index is 1.98. The van der Waals surface area contributed by atoms with Crippen molar-refractivity contribution in [1.29, 1.82) is 0 Å². The number of rotatable bonds is 1. The van der Waals surface area contributed by atoms with Crippen LogP contribution in [0.3, 0.4) is 0 Å². The van der Waals surface area contributed by atoms with E-state index in [1.54, 1.807) is 7.11 Å². The van der Waals surface area contributed by atoms with Gasteiger partial charge in [0.15, 0.2) is 11.5 Å². The minimum atomic E-state index is -0.466. The molecule has 4 heteroatoms. The lowest BCUT2D eigenvalue weighted by atomic mass is 9.69. The van der Waals surface area contributed by atoms with Crippen molar-refractivity contribution in [2.24, 2.45) is 0 Å². The molecule has 1 aliphatic carbocycles. The van der Waals surface area contributed by atoms with Crippen molar-refractivity contribution < 1.29 is 16.0 Å². The van der Waals surface area contributed by atoms with Crippen molar-refractivity contribution in [3.8, 4) is 11.5 Å². The fourth-order valence-corrected chi connectivity index (χ4v) is 3.92. The molecule has 112 valence electrons. The fourth-order valence-electron chi connectivity index (χ4n) is 3.92. The highest BCUT2D eigenvalue weighted by molar-refractivity contribution is 5.60. The molecule has 4 nitrogen and oxygen atoms in total. The van der Waals surface area contributed by atoms with Gasteiger partial charge >= 0.3 is 0 Å². The maximum Gasteiger partial charge on any atom is 0.166 e. The molecule has 1 N–H and O–H groups in total. The molecule has 1 aromatic rings. The van der Waals surface area contributed by atoms with Crippen LogP contribution in [-0.2, 0) is 11.9 Å². The van der Waals surface area contributed by atoms with E-state index in [1.165, 1.54) is 0 Å². The molecule has 0 radical (unpaired) electrons. The molecule has 2 heterocycles. The zero-order valence-corrected chi connectivity index (χ0v) is 12.4. The van der Waals surface area contributed by atoms with Gasteiger partial charge in [-0.1, -0.05) is 18.2 Å². The monoisotopic (exact) mass is 288 g/mol. The quantitative estimate of drug-likeness (QED) is 0.801. The summed E-state index contributed by atoms with van der Waals surface area (Å²) in [4.78, 5) is 2.06. The molecular formula is C17H21NO3. The molecule has 0 bridgehead atoms. The SMILES string of the molecule is [2H]C1c2ccc(OC)c3c2[C@@]2(C=C[C@H](O)C[C@@H]2O3)CCN1C. The number of ether oxygens (including phenoxy) is 2. The standard InChI is InChI=1S/C17H21NO3/c1-18-8-7-17-6-5-12(19)9-14(17)21-16-13(20-2)4-3-11(10-18)15(16)17/h3-6,12,14,19H,7-10H2,1-2H3/t12-,14-,17-/m0/s1/i10D/t10?,12-,14-,17-. The Labute approximate surface area is 126 Å². The van der Waals surface area contributed by atoms with E-state index in [2.05, 4.69) is 11.0 Å². The number of hydrogen-bond donors (Lipinski definition) is 1. The zero-order chi connectivity index (χ0) is 15.5. The predicted octanol–water partition coefficient (Wildman–Crippen LogP) is 1.85. The summed E-state index contributed by atoms with van der Waals surface area (Å²) in [6.07, 6.45) is 4.90. The lowest BCUT2D eigenvalue weighted by Crippen LogP contribution is -2.42. The molecule has 4 atom stereocenters. The predicted molar refractivity (Wildman–Crippen MR) is 79.8 cm³/mol. The summed E-state index contributed by atoms with van der Waals surface area (Å²) < 4.78 is 20.2. The molecule has 0 fully saturated rings. The largest absolute Gasteiger partial charge is 0.493 e. The van der Waals surface area contributed by atoms with Gasteiger partial charge in [-0.2, -0.15) is 0 Å². The van der Waals surface area contributed by atoms with Crippen molar-refractivity contribution in [3.63, 3.8) is 0 Å². The molecule has 0 saturated heterocycles. The topological polar surface area (TPSA) is 41.9 Å². The molecule has 0 amide bonds. The zero-order valence-electron chi connectivity index (χ0n) is 13.4. The Morgan fingerprint density at radius 1 is 1.52 bits per heavy atom. The number of aliphatic hydroxyl groups is 1. The maximum atomic E-state index is 9.99. The lowest BCUT2D eigenvalue weighted by Gasteiger charge is -2.35. The highest BCUT2D eigenvalue weighted by atomic mass is 16.5. The van der Waals surface area contributed by atoms with E-state index in [9.17, 15) is 5.11 Å². The third-order valence-electron chi connectivity index (χ3n) is 4.98. The van der Waals surface area contributed by atoms with E-state index in [0.29, 0.717) is 12.2 Å². The third-order valence-corrected chi connectivity index (χ3v) is 4.98. The molecular weight excluding hydrogens is 266 g/mol. The van der Waals surface area contributed by atoms with Gasteiger partial charge in [0.25, 0.3) is 0 Å². The second-order valence-electron chi connectivity index (χ2n) is 6.23. The van der Waals surface area contributed by atoms with Crippen molar-refractivity contribution in [1.82, 2.24) is 4.90 Å². The van der Waals surface area contributed by atoms with Crippen LogP contribution in [0, 0.1) is 0 Å². The molecule has 3 aliphatic rings. The molecule has 2 aliphatic heterocycles. The van der Waals surface area contributed by atoms with Gasteiger partial charge in [0.1, 0.15) is 6.10 Å². The molecule has 0 saturated carbocycles. The van der Waals surface area contributed by atoms with Crippen molar-refractivity contribution in [2.75, 3.05) is 20.7 Å². The average molecular weight is 288 g/mol. The smallest absolute Gasteiger partial charge is 0.166 e. The van der Waals surface area contributed by atoms with Crippen LogP contribution in [0.25, 0.3) is 0 Å².